The standard InChI is InChI=1S/C33H29N5O2/c1-22-8-15-26(16-9-22)37-33(40)32(36-27-17-18-29-25(21-27)5-4-20-35-29)24-13-10-23(11-14-24)12-19-31(39)38-30-7-3-2-6-28(30)34/h2-21,32,36H,34H2,1H3,(H,37,40)(H,38,39)/b19-12+. The zero-order valence-corrected chi connectivity index (χ0v) is 22.0. The van der Waals surface area contributed by atoms with E-state index in [1.807, 2.05) is 97.9 Å². The van der Waals surface area contributed by atoms with Gasteiger partial charge in [0.05, 0.1) is 16.9 Å². The summed E-state index contributed by atoms with van der Waals surface area (Å²) in [5, 5.41) is 10.2. The number of aromatic nitrogens is 1. The summed E-state index contributed by atoms with van der Waals surface area (Å²) in [7, 11) is 0. The lowest BCUT2D eigenvalue weighted by atomic mass is 10.0. The maximum Gasteiger partial charge on any atom is 0.251 e. The number of para-hydroxylation sites is 2. The molecule has 1 heterocycles. The average Bonchev–Trinajstić information content (AvgIpc) is 2.97. The van der Waals surface area contributed by atoms with Crippen molar-refractivity contribution >= 4 is 51.5 Å². The lowest BCUT2D eigenvalue weighted by molar-refractivity contribution is -0.117. The highest BCUT2D eigenvalue weighted by Gasteiger charge is 2.21. The van der Waals surface area contributed by atoms with Crippen LogP contribution in [0.5, 0.6) is 0 Å². The molecule has 4 aromatic carbocycles. The summed E-state index contributed by atoms with van der Waals surface area (Å²) in [6, 6.07) is 31.3. The third kappa shape index (κ3) is 6.52. The van der Waals surface area contributed by atoms with E-state index < -0.39 is 6.04 Å². The van der Waals surface area contributed by atoms with Crippen LogP contribution in [0.2, 0.25) is 0 Å². The van der Waals surface area contributed by atoms with Crippen LogP contribution in [0.4, 0.5) is 22.7 Å². The number of fused-ring (bicyclic) bond motifs is 1. The van der Waals surface area contributed by atoms with Crippen molar-refractivity contribution in [1.82, 2.24) is 4.98 Å². The SMILES string of the molecule is Cc1ccc(NC(=O)C(Nc2ccc3ncccc3c2)c2ccc(/C=C/C(=O)Nc3ccccc3N)cc2)cc1. The molecule has 1 aromatic heterocycles. The van der Waals surface area contributed by atoms with Crippen molar-refractivity contribution in [1.29, 1.82) is 0 Å². The van der Waals surface area contributed by atoms with Crippen molar-refractivity contribution < 1.29 is 9.59 Å². The van der Waals surface area contributed by atoms with Crippen molar-refractivity contribution in [2.45, 2.75) is 13.0 Å². The molecule has 0 saturated heterocycles. The van der Waals surface area contributed by atoms with Gasteiger partial charge in [0, 0.05) is 29.0 Å². The van der Waals surface area contributed by atoms with Crippen LogP contribution >= 0.6 is 0 Å². The Balaban J connectivity index is 1.35. The van der Waals surface area contributed by atoms with E-state index in [9.17, 15) is 9.59 Å². The van der Waals surface area contributed by atoms with Gasteiger partial charge in [-0.1, -0.05) is 60.2 Å². The largest absolute Gasteiger partial charge is 0.397 e. The molecule has 5 rings (SSSR count). The fourth-order valence-electron chi connectivity index (χ4n) is 4.24. The Kier molecular flexibility index (Phi) is 7.83. The zero-order chi connectivity index (χ0) is 27.9. The number of nitrogens with two attached hydrogens (primary N) is 1. The Bertz CT molecular complexity index is 1680. The summed E-state index contributed by atoms with van der Waals surface area (Å²) < 4.78 is 0. The molecule has 0 fully saturated rings. The van der Waals surface area contributed by atoms with E-state index in [1.54, 1.807) is 24.4 Å². The Morgan fingerprint density at radius 2 is 1.57 bits per heavy atom. The number of nitrogen functional groups attached to an aromatic ring is 1. The van der Waals surface area contributed by atoms with E-state index in [4.69, 9.17) is 5.73 Å². The quantitative estimate of drug-likeness (QED) is 0.135. The minimum absolute atomic E-state index is 0.196. The number of hydrogen-bond acceptors (Lipinski definition) is 5. The number of aryl methyl sites for hydroxylation is 1. The van der Waals surface area contributed by atoms with Gasteiger partial charge in [-0.2, -0.15) is 0 Å². The first kappa shape index (κ1) is 26.2. The van der Waals surface area contributed by atoms with Gasteiger partial charge in [0.15, 0.2) is 0 Å². The highest BCUT2D eigenvalue weighted by atomic mass is 16.2. The van der Waals surface area contributed by atoms with Gasteiger partial charge in [-0.05, 0) is 72.7 Å². The van der Waals surface area contributed by atoms with Crippen LogP contribution in [0.1, 0.15) is 22.7 Å². The van der Waals surface area contributed by atoms with Gasteiger partial charge in [0.1, 0.15) is 6.04 Å². The van der Waals surface area contributed by atoms with E-state index in [-0.39, 0.29) is 11.8 Å². The molecule has 0 spiro atoms. The van der Waals surface area contributed by atoms with Crippen molar-refractivity contribution in [2.75, 3.05) is 21.7 Å². The molecule has 1 unspecified atom stereocenters. The zero-order valence-electron chi connectivity index (χ0n) is 22.0. The first-order valence-electron chi connectivity index (χ1n) is 12.9. The lowest BCUT2D eigenvalue weighted by Gasteiger charge is -2.21. The summed E-state index contributed by atoms with van der Waals surface area (Å²) >= 11 is 0. The predicted octanol–water partition coefficient (Wildman–Crippen LogP) is 6.57. The molecule has 5 N–H and O–H groups in total. The molecule has 0 radical (unpaired) electrons. The van der Waals surface area contributed by atoms with Crippen LogP contribution in [0.15, 0.2) is 115 Å². The van der Waals surface area contributed by atoms with Gasteiger partial charge in [-0.3, -0.25) is 14.6 Å². The van der Waals surface area contributed by atoms with Crippen LogP contribution < -0.4 is 21.7 Å². The lowest BCUT2D eigenvalue weighted by Crippen LogP contribution is -2.27. The van der Waals surface area contributed by atoms with Crippen LogP contribution in [-0.2, 0) is 9.59 Å². The molecule has 0 aliphatic carbocycles. The highest BCUT2D eigenvalue weighted by Crippen LogP contribution is 2.25. The molecule has 2 amide bonds. The normalized spacial score (nSPS) is 11.7. The average molecular weight is 528 g/mol. The monoisotopic (exact) mass is 527 g/mol. The summed E-state index contributed by atoms with van der Waals surface area (Å²) in [6.45, 7) is 2.00. The number of carbonyl (C=O) groups is 2. The van der Waals surface area contributed by atoms with Gasteiger partial charge < -0.3 is 21.7 Å². The van der Waals surface area contributed by atoms with Gasteiger partial charge in [0.25, 0.3) is 5.91 Å². The molecule has 0 saturated carbocycles. The molecule has 0 aliphatic heterocycles. The molecular weight excluding hydrogens is 498 g/mol. The number of hydrogen-bond donors (Lipinski definition) is 4. The van der Waals surface area contributed by atoms with Crippen LogP contribution in [0.3, 0.4) is 0 Å². The predicted molar refractivity (Wildman–Crippen MR) is 163 cm³/mol. The topological polar surface area (TPSA) is 109 Å². The maximum absolute atomic E-state index is 13.5. The number of nitrogens with zero attached hydrogens (tertiary/aromatic N) is 1. The van der Waals surface area contributed by atoms with E-state index in [0.717, 1.165) is 39.0 Å². The Morgan fingerprint density at radius 3 is 2.35 bits per heavy atom. The Labute approximate surface area is 232 Å². The second kappa shape index (κ2) is 12.0. The smallest absolute Gasteiger partial charge is 0.251 e. The van der Waals surface area contributed by atoms with Crippen molar-refractivity contribution in [3.8, 4) is 0 Å². The van der Waals surface area contributed by atoms with Crippen LogP contribution in [0.25, 0.3) is 17.0 Å². The van der Waals surface area contributed by atoms with Crippen molar-refractivity contribution in [3.05, 3.63) is 132 Å². The van der Waals surface area contributed by atoms with E-state index in [2.05, 4.69) is 20.9 Å². The van der Waals surface area contributed by atoms with Crippen LogP contribution in [0, 0.1) is 6.92 Å². The molecule has 40 heavy (non-hydrogen) atoms. The van der Waals surface area contributed by atoms with E-state index in [1.165, 1.54) is 6.08 Å². The van der Waals surface area contributed by atoms with Gasteiger partial charge in [0.2, 0.25) is 5.91 Å². The van der Waals surface area contributed by atoms with Crippen LogP contribution in [-0.4, -0.2) is 16.8 Å². The van der Waals surface area contributed by atoms with Crippen molar-refractivity contribution in [3.63, 3.8) is 0 Å². The second-order valence-electron chi connectivity index (χ2n) is 9.42. The molecule has 1 atom stereocenters. The molecule has 0 bridgehead atoms. The summed E-state index contributed by atoms with van der Waals surface area (Å²) in [5.74, 6) is -0.483. The number of pyridine rings is 1. The molecule has 7 nitrogen and oxygen atoms in total. The Hall–Kier alpha value is -5.43. The molecular formula is C33H29N5O2. The first-order valence-corrected chi connectivity index (χ1v) is 12.9. The van der Waals surface area contributed by atoms with Gasteiger partial charge in [-0.25, -0.2) is 0 Å². The van der Waals surface area contributed by atoms with Gasteiger partial charge in [-0.15, -0.1) is 0 Å². The highest BCUT2D eigenvalue weighted by molar-refractivity contribution is 6.03. The molecule has 5 aromatic rings. The fourth-order valence-corrected chi connectivity index (χ4v) is 4.24. The minimum Gasteiger partial charge on any atom is -0.397 e. The number of amides is 2. The third-order valence-corrected chi connectivity index (χ3v) is 6.41. The first-order chi connectivity index (χ1) is 19.4. The Morgan fingerprint density at radius 1 is 0.825 bits per heavy atom. The summed E-state index contributed by atoms with van der Waals surface area (Å²) in [6.07, 6.45) is 4.91. The number of anilines is 4. The molecule has 7 heteroatoms. The third-order valence-electron chi connectivity index (χ3n) is 6.41. The molecule has 198 valence electrons. The number of benzene rings is 4. The van der Waals surface area contributed by atoms with Gasteiger partial charge >= 0.3 is 0 Å². The number of carbonyl (C=O) groups excluding carboxylic acids is 2. The minimum atomic E-state index is -0.669. The second-order valence-corrected chi connectivity index (χ2v) is 9.42. The summed E-state index contributed by atoms with van der Waals surface area (Å²) in [4.78, 5) is 30.3. The summed E-state index contributed by atoms with van der Waals surface area (Å²) in [5.41, 5.74) is 12.1. The fraction of sp³-hybridized carbons (Fsp3) is 0.0606. The molecule has 0 aliphatic rings. The maximum atomic E-state index is 13.5. The van der Waals surface area contributed by atoms with E-state index in [0.29, 0.717) is 11.4 Å². The van der Waals surface area contributed by atoms with Crippen molar-refractivity contribution in [2.24, 2.45) is 0 Å². The number of nitrogens with one attached hydrogen (secondary N) is 3. The van der Waals surface area contributed by atoms with E-state index >= 15 is 0 Å². The number of rotatable bonds is 8.